The molecule has 6 rings (SSSR count). The molecule has 4 aromatic carbocycles. The molecule has 16 heteroatoms. The Morgan fingerprint density at radius 3 is 1.90 bits per heavy atom. The molecule has 0 spiro atoms. The van der Waals surface area contributed by atoms with E-state index in [1.807, 2.05) is 0 Å². The number of alkyl halides is 6. The number of hydrogen-bond acceptors (Lipinski definition) is 10. The Labute approximate surface area is 277 Å². The van der Waals surface area contributed by atoms with Crippen LogP contribution in [-0.4, -0.2) is 45.9 Å². The lowest BCUT2D eigenvalue weighted by atomic mass is 9.88. The molecule has 0 radical (unpaired) electrons. The van der Waals surface area contributed by atoms with Gasteiger partial charge in [0.15, 0.2) is 0 Å². The summed E-state index contributed by atoms with van der Waals surface area (Å²) in [6.07, 6.45) is -8.97. The van der Waals surface area contributed by atoms with Crippen LogP contribution in [0.3, 0.4) is 0 Å². The molecule has 0 amide bonds. The maximum atomic E-state index is 13.1. The molecule has 0 saturated heterocycles. The van der Waals surface area contributed by atoms with Gasteiger partial charge in [0.1, 0.15) is 34.6 Å². The predicted octanol–water partition coefficient (Wildman–Crippen LogP) is 7.39. The first-order valence-electron chi connectivity index (χ1n) is 13.9. The molecule has 0 aliphatic carbocycles. The highest BCUT2D eigenvalue weighted by Gasteiger charge is 2.48. The molecule has 0 bridgehead atoms. The number of hydrogen-bond donors (Lipinski definition) is 1. The fourth-order valence-corrected chi connectivity index (χ4v) is 5.31. The van der Waals surface area contributed by atoms with Gasteiger partial charge >= 0.3 is 18.7 Å². The number of nitrogens with zero attached hydrogens (tertiary/aromatic N) is 2. The molecule has 1 N–H and O–H groups in total. The van der Waals surface area contributed by atoms with Crippen molar-refractivity contribution in [1.29, 1.82) is 0 Å². The van der Waals surface area contributed by atoms with Crippen LogP contribution in [0, 0.1) is 0 Å². The number of fused-ring (bicyclic) bond motifs is 1. The van der Waals surface area contributed by atoms with Gasteiger partial charge in [-0.1, -0.05) is 18.2 Å². The molecule has 0 saturated carbocycles. The first-order chi connectivity index (χ1) is 23.2. The number of esters is 1. The number of cyclic esters (lactones) is 1. The molecule has 2 heterocycles. The van der Waals surface area contributed by atoms with Gasteiger partial charge in [-0.25, -0.2) is 4.79 Å². The summed E-state index contributed by atoms with van der Waals surface area (Å²) >= 11 is 1.03. The van der Waals surface area contributed by atoms with Crippen molar-refractivity contribution in [3.05, 3.63) is 119 Å². The van der Waals surface area contributed by atoms with E-state index < -0.39 is 24.5 Å². The first-order valence-corrected chi connectivity index (χ1v) is 14.6. The Morgan fingerprint density at radius 1 is 0.796 bits per heavy atom. The van der Waals surface area contributed by atoms with Crippen molar-refractivity contribution in [3.8, 4) is 17.2 Å². The predicted molar refractivity (Wildman–Crippen MR) is 163 cm³/mol. The number of aldehydes is 1. The summed E-state index contributed by atoms with van der Waals surface area (Å²) in [5.74, 6) is -3.04. The summed E-state index contributed by atoms with van der Waals surface area (Å²) in [5, 5.41) is 11.7. The zero-order valence-corrected chi connectivity index (χ0v) is 25.7. The molecular formula is C33H22F6N2O7S. The van der Waals surface area contributed by atoms with Crippen molar-refractivity contribution in [2.24, 2.45) is 0 Å². The maximum absolute atomic E-state index is 13.1. The van der Waals surface area contributed by atoms with E-state index in [1.54, 1.807) is 42.5 Å². The van der Waals surface area contributed by atoms with Gasteiger partial charge < -0.3 is 24.1 Å². The second-order valence-corrected chi connectivity index (χ2v) is 10.7. The Bertz CT molecular complexity index is 1980. The van der Waals surface area contributed by atoms with Gasteiger partial charge in [0.25, 0.3) is 5.79 Å². The van der Waals surface area contributed by atoms with Crippen LogP contribution in [-0.2, 0) is 21.7 Å². The van der Waals surface area contributed by atoms with Crippen LogP contribution in [0.25, 0.3) is 16.6 Å². The Balaban J connectivity index is 0.000000304. The Morgan fingerprint density at radius 2 is 1.35 bits per heavy atom. The van der Waals surface area contributed by atoms with E-state index in [4.69, 9.17) is 9.47 Å². The summed E-state index contributed by atoms with van der Waals surface area (Å²) < 4.78 is 99.1. The summed E-state index contributed by atoms with van der Waals surface area (Å²) in [7, 11) is 1.50. The van der Waals surface area contributed by atoms with Crippen molar-refractivity contribution >= 4 is 40.6 Å². The van der Waals surface area contributed by atoms with E-state index in [-0.39, 0.29) is 34.6 Å². The third kappa shape index (κ3) is 8.52. The molecule has 49 heavy (non-hydrogen) atoms. The van der Waals surface area contributed by atoms with Gasteiger partial charge in [0, 0.05) is 23.1 Å². The number of carbonyl (C=O) groups excluding carboxylic acids is 2. The average molecular weight is 705 g/mol. The fourth-order valence-electron chi connectivity index (χ4n) is 4.79. The van der Waals surface area contributed by atoms with Crippen molar-refractivity contribution in [2.75, 3.05) is 7.11 Å². The zero-order valence-electron chi connectivity index (χ0n) is 24.9. The minimum absolute atomic E-state index is 0.00323. The molecule has 1 atom stereocenters. The van der Waals surface area contributed by atoms with Crippen molar-refractivity contribution in [1.82, 2.24) is 8.75 Å². The number of rotatable bonds is 8. The van der Waals surface area contributed by atoms with Crippen molar-refractivity contribution in [3.63, 3.8) is 0 Å². The van der Waals surface area contributed by atoms with Crippen molar-refractivity contribution < 1.29 is 60.0 Å². The second-order valence-electron chi connectivity index (χ2n) is 10.2. The first kappa shape index (κ1) is 34.8. The SMILES string of the molecule is COc1ccc(C2(O)OC(=O)C(c3ccc4nsnc4c3)=C2Cc2ccc(OC(F)(F)F)cc2)cc1.O=Cc1ccc(OC(F)(F)F)cc1. The van der Waals surface area contributed by atoms with E-state index in [0.717, 1.165) is 23.9 Å². The van der Waals surface area contributed by atoms with E-state index in [9.17, 15) is 41.0 Å². The van der Waals surface area contributed by atoms with Gasteiger partial charge in [-0.2, -0.15) is 8.75 Å². The molecule has 1 aliphatic heterocycles. The number of methoxy groups -OCH3 is 1. The van der Waals surface area contributed by atoms with Crippen LogP contribution in [0.2, 0.25) is 0 Å². The monoisotopic (exact) mass is 704 g/mol. The fraction of sp³-hybridized carbons (Fsp3) is 0.152. The third-order valence-corrected chi connectivity index (χ3v) is 7.52. The topological polar surface area (TPSA) is 117 Å². The van der Waals surface area contributed by atoms with Crippen LogP contribution in [0.15, 0.2) is 96.6 Å². The smallest absolute Gasteiger partial charge is 0.497 e. The van der Waals surface area contributed by atoms with Gasteiger partial charge in [0.05, 0.1) is 24.4 Å². The number of aromatic nitrogens is 2. The second kappa shape index (κ2) is 13.9. The molecular weight excluding hydrogens is 682 g/mol. The quantitative estimate of drug-likeness (QED) is 0.100. The van der Waals surface area contributed by atoms with Gasteiger partial charge in [0.2, 0.25) is 0 Å². The normalized spacial score (nSPS) is 16.1. The van der Waals surface area contributed by atoms with Crippen LogP contribution in [0.5, 0.6) is 17.2 Å². The molecule has 254 valence electrons. The van der Waals surface area contributed by atoms with E-state index in [0.29, 0.717) is 39.8 Å². The molecule has 1 aromatic heterocycles. The largest absolute Gasteiger partial charge is 0.573 e. The highest BCUT2D eigenvalue weighted by Crippen LogP contribution is 2.45. The zero-order chi connectivity index (χ0) is 35.4. The molecule has 1 unspecified atom stereocenters. The minimum Gasteiger partial charge on any atom is -0.497 e. The van der Waals surface area contributed by atoms with Crippen LogP contribution < -0.4 is 14.2 Å². The molecule has 5 aromatic rings. The van der Waals surface area contributed by atoms with E-state index in [2.05, 4.69) is 18.2 Å². The summed E-state index contributed by atoms with van der Waals surface area (Å²) in [5.41, 5.74) is 3.18. The van der Waals surface area contributed by atoms with E-state index >= 15 is 0 Å². The Kier molecular flexibility index (Phi) is 9.91. The minimum atomic E-state index is -4.82. The van der Waals surface area contributed by atoms with Crippen LogP contribution in [0.1, 0.15) is 27.0 Å². The maximum Gasteiger partial charge on any atom is 0.573 e. The third-order valence-electron chi connectivity index (χ3n) is 6.97. The molecule has 9 nitrogen and oxygen atoms in total. The number of benzene rings is 4. The van der Waals surface area contributed by atoms with Gasteiger partial charge in [-0.05, 0) is 83.9 Å². The highest BCUT2D eigenvalue weighted by atomic mass is 32.1. The number of carbonyl (C=O) groups is 2. The summed E-state index contributed by atoms with van der Waals surface area (Å²) in [4.78, 5) is 23.3. The number of aliphatic hydroxyl groups is 1. The lowest BCUT2D eigenvalue weighted by Crippen LogP contribution is -2.29. The average Bonchev–Trinajstić information content (AvgIpc) is 3.62. The number of ether oxygens (including phenoxy) is 4. The lowest BCUT2D eigenvalue weighted by molar-refractivity contribution is -0.275. The number of halogens is 6. The summed E-state index contributed by atoms with van der Waals surface area (Å²) in [6, 6.07) is 21.3. The van der Waals surface area contributed by atoms with Gasteiger partial charge in [-0.15, -0.1) is 26.3 Å². The molecule has 1 aliphatic rings. The van der Waals surface area contributed by atoms with Gasteiger partial charge in [-0.3, -0.25) is 4.79 Å². The van der Waals surface area contributed by atoms with E-state index in [1.165, 1.54) is 43.5 Å². The van der Waals surface area contributed by atoms with Crippen LogP contribution in [0.4, 0.5) is 26.3 Å². The summed E-state index contributed by atoms with van der Waals surface area (Å²) in [6.45, 7) is 0. The highest BCUT2D eigenvalue weighted by molar-refractivity contribution is 7.00. The Hall–Kier alpha value is -5.48. The van der Waals surface area contributed by atoms with Crippen LogP contribution >= 0.6 is 11.7 Å². The van der Waals surface area contributed by atoms with Crippen molar-refractivity contribution in [2.45, 2.75) is 24.9 Å². The standard InChI is InChI=1S/C25H17F3N2O5S.C8H5F3O2/c1-33-17-9-5-16(6-10-17)24(32)19(12-14-2-7-18(8-3-14)34-25(26,27)28)22(23(31)35-24)15-4-11-20-21(13-15)30-36-29-20;9-8(10,11)13-7-3-1-6(5-12)2-4-7/h2-11,13,32H,12H2,1H3;1-5H. The molecule has 0 fully saturated rings. The lowest BCUT2D eigenvalue weighted by Gasteiger charge is -2.26.